The smallest absolute Gasteiger partial charge is 0.271 e. The van der Waals surface area contributed by atoms with Crippen LogP contribution in [0.1, 0.15) is 54.3 Å². The van der Waals surface area contributed by atoms with E-state index in [1.54, 1.807) is 0 Å². The standard InChI is InChI=1S/C21H30N2O/c1-8-18-16(6)22-21(24)20(23(7)13(2)3)19(18)12-17-10-14(4)9-15(5)11-17/h9-11,13H,8,12H2,1-7H3,(H,22,24). The van der Waals surface area contributed by atoms with E-state index in [1.807, 2.05) is 14.0 Å². The SMILES string of the molecule is CCc1c(C)[nH]c(=O)c(N(C)C(C)C)c1Cc1cc(C)cc(C)c1. The van der Waals surface area contributed by atoms with Gasteiger partial charge < -0.3 is 9.88 Å². The van der Waals surface area contributed by atoms with E-state index in [4.69, 9.17) is 0 Å². The van der Waals surface area contributed by atoms with Crippen LogP contribution in [0.15, 0.2) is 23.0 Å². The topological polar surface area (TPSA) is 36.1 Å². The first-order chi connectivity index (χ1) is 11.2. The second-order valence-electron chi connectivity index (χ2n) is 7.12. The molecule has 3 heteroatoms. The van der Waals surface area contributed by atoms with Gasteiger partial charge in [-0.15, -0.1) is 0 Å². The van der Waals surface area contributed by atoms with E-state index in [2.05, 4.69) is 62.7 Å². The first-order valence-electron chi connectivity index (χ1n) is 8.79. The van der Waals surface area contributed by atoms with Crippen LogP contribution < -0.4 is 10.5 Å². The Morgan fingerprint density at radius 1 is 1.04 bits per heavy atom. The summed E-state index contributed by atoms with van der Waals surface area (Å²) in [4.78, 5) is 17.8. The van der Waals surface area contributed by atoms with Gasteiger partial charge in [-0.25, -0.2) is 0 Å². The first-order valence-corrected chi connectivity index (χ1v) is 8.79. The lowest BCUT2D eigenvalue weighted by Gasteiger charge is -2.27. The highest BCUT2D eigenvalue weighted by molar-refractivity contribution is 5.58. The molecule has 1 heterocycles. The number of hydrogen-bond donors (Lipinski definition) is 1. The van der Waals surface area contributed by atoms with Gasteiger partial charge in [0.15, 0.2) is 0 Å². The zero-order chi connectivity index (χ0) is 18.0. The molecule has 130 valence electrons. The van der Waals surface area contributed by atoms with Gasteiger partial charge in [0.1, 0.15) is 5.69 Å². The number of aromatic nitrogens is 1. The number of hydrogen-bond acceptors (Lipinski definition) is 2. The molecule has 0 spiro atoms. The fourth-order valence-corrected chi connectivity index (χ4v) is 3.49. The van der Waals surface area contributed by atoms with Crippen LogP contribution in [0.25, 0.3) is 0 Å². The van der Waals surface area contributed by atoms with Crippen LogP contribution in [0.4, 0.5) is 5.69 Å². The van der Waals surface area contributed by atoms with Crippen molar-refractivity contribution in [1.29, 1.82) is 0 Å². The Morgan fingerprint density at radius 2 is 1.62 bits per heavy atom. The third kappa shape index (κ3) is 3.72. The molecular weight excluding hydrogens is 296 g/mol. The zero-order valence-corrected chi connectivity index (χ0v) is 16.1. The minimum Gasteiger partial charge on any atom is -0.367 e. The fourth-order valence-electron chi connectivity index (χ4n) is 3.49. The van der Waals surface area contributed by atoms with Crippen LogP contribution in [0.5, 0.6) is 0 Å². The first kappa shape index (κ1) is 18.3. The maximum atomic E-state index is 12.7. The molecule has 0 aliphatic heterocycles. The average molecular weight is 326 g/mol. The number of pyridine rings is 1. The number of H-pyrrole nitrogens is 1. The molecule has 0 amide bonds. The van der Waals surface area contributed by atoms with E-state index in [0.717, 1.165) is 24.2 Å². The van der Waals surface area contributed by atoms with E-state index in [9.17, 15) is 4.79 Å². The fraction of sp³-hybridized carbons (Fsp3) is 0.476. The Kier molecular flexibility index (Phi) is 5.53. The van der Waals surface area contributed by atoms with Crippen LogP contribution in [-0.2, 0) is 12.8 Å². The van der Waals surface area contributed by atoms with Gasteiger partial charge in [0, 0.05) is 25.2 Å². The lowest BCUT2D eigenvalue weighted by atomic mass is 9.94. The van der Waals surface area contributed by atoms with Crippen molar-refractivity contribution in [2.75, 3.05) is 11.9 Å². The normalized spacial score (nSPS) is 11.2. The summed E-state index contributed by atoms with van der Waals surface area (Å²) in [6.07, 6.45) is 1.71. The summed E-state index contributed by atoms with van der Waals surface area (Å²) in [6.45, 7) is 12.6. The van der Waals surface area contributed by atoms with Gasteiger partial charge >= 0.3 is 0 Å². The highest BCUT2D eigenvalue weighted by Crippen LogP contribution is 2.26. The molecule has 0 saturated heterocycles. The molecule has 2 aromatic rings. The number of nitrogens with zero attached hydrogens (tertiary/aromatic N) is 1. The molecular formula is C21H30N2O. The van der Waals surface area contributed by atoms with Gasteiger partial charge in [0.25, 0.3) is 5.56 Å². The Labute approximate surface area is 145 Å². The lowest BCUT2D eigenvalue weighted by Crippen LogP contribution is -2.33. The summed E-state index contributed by atoms with van der Waals surface area (Å²) in [5.41, 5.74) is 8.04. The van der Waals surface area contributed by atoms with E-state index in [-0.39, 0.29) is 11.6 Å². The molecule has 0 fully saturated rings. The third-order valence-corrected chi connectivity index (χ3v) is 4.76. The molecule has 0 saturated carbocycles. The highest BCUT2D eigenvalue weighted by Gasteiger charge is 2.20. The van der Waals surface area contributed by atoms with Crippen LogP contribution in [0.3, 0.4) is 0 Å². The van der Waals surface area contributed by atoms with Crippen molar-refractivity contribution in [2.45, 2.75) is 60.4 Å². The predicted octanol–water partition coefficient (Wildman–Crippen LogP) is 4.30. The lowest BCUT2D eigenvalue weighted by molar-refractivity contribution is 0.741. The van der Waals surface area contributed by atoms with Crippen molar-refractivity contribution in [3.05, 3.63) is 62.1 Å². The quantitative estimate of drug-likeness (QED) is 0.889. The van der Waals surface area contributed by atoms with Crippen molar-refractivity contribution in [1.82, 2.24) is 4.98 Å². The van der Waals surface area contributed by atoms with Gasteiger partial charge in [-0.05, 0) is 57.7 Å². The molecule has 0 unspecified atom stereocenters. The summed E-state index contributed by atoms with van der Waals surface area (Å²) in [5.74, 6) is 0. The van der Waals surface area contributed by atoms with E-state index in [1.165, 1.54) is 27.8 Å². The number of nitrogens with one attached hydrogen (secondary N) is 1. The summed E-state index contributed by atoms with van der Waals surface area (Å²) in [5, 5.41) is 0. The molecule has 0 bridgehead atoms. The van der Waals surface area contributed by atoms with Crippen LogP contribution in [0, 0.1) is 20.8 Å². The van der Waals surface area contributed by atoms with Crippen molar-refractivity contribution in [2.24, 2.45) is 0 Å². The van der Waals surface area contributed by atoms with E-state index >= 15 is 0 Å². The Bertz CT molecular complexity index is 767. The molecule has 1 aromatic carbocycles. The van der Waals surface area contributed by atoms with Crippen molar-refractivity contribution in [3.63, 3.8) is 0 Å². The van der Waals surface area contributed by atoms with Crippen molar-refractivity contribution < 1.29 is 0 Å². The zero-order valence-electron chi connectivity index (χ0n) is 16.1. The average Bonchev–Trinajstić information content (AvgIpc) is 2.45. The number of aryl methyl sites for hydroxylation is 3. The largest absolute Gasteiger partial charge is 0.367 e. The summed E-state index contributed by atoms with van der Waals surface area (Å²) in [6, 6.07) is 6.91. The number of anilines is 1. The molecule has 1 N–H and O–H groups in total. The molecule has 2 rings (SSSR count). The molecule has 0 aliphatic rings. The molecule has 0 atom stereocenters. The Balaban J connectivity index is 2.67. The van der Waals surface area contributed by atoms with Crippen LogP contribution in [-0.4, -0.2) is 18.1 Å². The highest BCUT2D eigenvalue weighted by atomic mass is 16.1. The van der Waals surface area contributed by atoms with Gasteiger partial charge in [-0.1, -0.05) is 36.2 Å². The van der Waals surface area contributed by atoms with Crippen molar-refractivity contribution >= 4 is 5.69 Å². The number of benzene rings is 1. The molecule has 24 heavy (non-hydrogen) atoms. The van der Waals surface area contributed by atoms with Gasteiger partial charge in [0.2, 0.25) is 0 Å². The number of aromatic amines is 1. The van der Waals surface area contributed by atoms with Gasteiger partial charge in [-0.3, -0.25) is 4.79 Å². The summed E-state index contributed by atoms with van der Waals surface area (Å²) < 4.78 is 0. The monoisotopic (exact) mass is 326 g/mol. The van der Waals surface area contributed by atoms with Crippen LogP contribution in [0.2, 0.25) is 0 Å². The predicted molar refractivity (Wildman–Crippen MR) is 103 cm³/mol. The molecule has 1 aromatic heterocycles. The third-order valence-electron chi connectivity index (χ3n) is 4.76. The Morgan fingerprint density at radius 3 is 2.12 bits per heavy atom. The second kappa shape index (κ2) is 7.25. The van der Waals surface area contributed by atoms with E-state index < -0.39 is 0 Å². The van der Waals surface area contributed by atoms with E-state index in [0.29, 0.717) is 0 Å². The minimum absolute atomic E-state index is 0.0141. The maximum Gasteiger partial charge on any atom is 0.271 e. The maximum absolute atomic E-state index is 12.7. The summed E-state index contributed by atoms with van der Waals surface area (Å²) >= 11 is 0. The Hall–Kier alpha value is -2.03. The number of rotatable bonds is 5. The van der Waals surface area contributed by atoms with Gasteiger partial charge in [0.05, 0.1) is 0 Å². The molecule has 0 radical (unpaired) electrons. The van der Waals surface area contributed by atoms with Crippen LogP contribution >= 0.6 is 0 Å². The van der Waals surface area contributed by atoms with Crippen molar-refractivity contribution in [3.8, 4) is 0 Å². The molecule has 0 aliphatic carbocycles. The van der Waals surface area contributed by atoms with Gasteiger partial charge in [-0.2, -0.15) is 0 Å². The summed E-state index contributed by atoms with van der Waals surface area (Å²) in [7, 11) is 2.01. The molecule has 3 nitrogen and oxygen atoms in total. The second-order valence-corrected chi connectivity index (χ2v) is 7.12. The minimum atomic E-state index is 0.0141.